The summed E-state index contributed by atoms with van der Waals surface area (Å²) in [6, 6.07) is 11.3. The first-order valence-electron chi connectivity index (χ1n) is 15.1. The number of nitrogens with zero attached hydrogens (tertiary/aromatic N) is 4. The van der Waals surface area contributed by atoms with E-state index < -0.39 is 18.2 Å². The van der Waals surface area contributed by atoms with Crippen LogP contribution in [0.3, 0.4) is 0 Å². The zero-order chi connectivity index (χ0) is 30.1. The summed E-state index contributed by atoms with van der Waals surface area (Å²) in [4.78, 5) is 19.2. The molecule has 3 N–H and O–H groups in total. The van der Waals surface area contributed by atoms with Crippen LogP contribution in [0.25, 0.3) is 10.9 Å². The number of pyridine rings is 1. The second kappa shape index (κ2) is 14.8. The summed E-state index contributed by atoms with van der Waals surface area (Å²) in [7, 11) is 3.37. The molecule has 1 aromatic carbocycles. The predicted octanol–water partition coefficient (Wildman–Crippen LogP) is 5.31. The fourth-order valence-electron chi connectivity index (χ4n) is 5.86. The van der Waals surface area contributed by atoms with Gasteiger partial charge in [-0.05, 0) is 80.7 Å². The number of hydrogen-bond donors (Lipinski definition) is 3. The molecule has 0 radical (unpaired) electrons. The minimum atomic E-state index is -1.08. The smallest absolute Gasteiger partial charge is 0.326 e. The highest BCUT2D eigenvalue weighted by molar-refractivity contribution is 5.91. The molecular weight excluding hydrogens is 535 g/mol. The van der Waals surface area contributed by atoms with Crippen LogP contribution >= 0.6 is 0 Å². The molecule has 1 aliphatic heterocycles. The molecule has 3 heterocycles. The summed E-state index contributed by atoms with van der Waals surface area (Å²) in [5.41, 5.74) is 3.10. The third-order valence-corrected chi connectivity index (χ3v) is 8.04. The van der Waals surface area contributed by atoms with E-state index in [0.29, 0.717) is 31.7 Å². The Morgan fingerprint density at radius 1 is 1.26 bits per heavy atom. The largest absolute Gasteiger partial charge is 0.480 e. The van der Waals surface area contributed by atoms with E-state index >= 15 is 0 Å². The molecule has 0 bridgehead atoms. The van der Waals surface area contributed by atoms with Crippen molar-refractivity contribution in [2.75, 3.05) is 50.5 Å². The topological polar surface area (TPSA) is 105 Å². The minimum Gasteiger partial charge on any atom is -0.480 e. The van der Waals surface area contributed by atoms with Crippen LogP contribution < -0.4 is 10.6 Å². The Bertz CT molecular complexity index is 1310. The van der Waals surface area contributed by atoms with Crippen LogP contribution in [0.4, 0.5) is 16.0 Å². The third-order valence-electron chi connectivity index (χ3n) is 8.04. The van der Waals surface area contributed by atoms with Crippen molar-refractivity contribution < 1.29 is 19.0 Å². The van der Waals surface area contributed by atoms with Gasteiger partial charge in [-0.2, -0.15) is 5.10 Å². The zero-order valence-electron chi connectivity index (χ0n) is 25.5. The monoisotopic (exact) mass is 582 g/mol. The summed E-state index contributed by atoms with van der Waals surface area (Å²) in [6.07, 6.45) is 5.01. The van der Waals surface area contributed by atoms with E-state index in [-0.39, 0.29) is 12.0 Å². The maximum atomic E-state index is 14.7. The molecule has 0 aliphatic carbocycles. The SMILES string of the molecule is COC[C@@H](F)CN(CCCCc1ccc2c(n1)NCCC2)CC(C)(C)CC[C@H](Nc1nn(C)c2ccccc12)C(=O)O. The molecule has 0 saturated heterocycles. The number of aromatic nitrogens is 3. The van der Waals surface area contributed by atoms with Crippen molar-refractivity contribution in [1.82, 2.24) is 19.7 Å². The van der Waals surface area contributed by atoms with Gasteiger partial charge in [0.15, 0.2) is 5.82 Å². The van der Waals surface area contributed by atoms with Gasteiger partial charge in [-0.3, -0.25) is 9.58 Å². The number of alkyl halides is 1. The van der Waals surface area contributed by atoms with Crippen molar-refractivity contribution in [3.05, 3.63) is 47.7 Å². The van der Waals surface area contributed by atoms with Crippen LogP contribution in [0.1, 0.15) is 57.2 Å². The van der Waals surface area contributed by atoms with Gasteiger partial charge < -0.3 is 20.5 Å². The lowest BCUT2D eigenvalue weighted by atomic mass is 9.85. The van der Waals surface area contributed by atoms with E-state index in [1.807, 2.05) is 31.3 Å². The Balaban J connectivity index is 1.32. The van der Waals surface area contributed by atoms with Crippen LogP contribution in [-0.4, -0.2) is 82.8 Å². The van der Waals surface area contributed by atoms with Crippen molar-refractivity contribution in [2.45, 2.75) is 71.0 Å². The number of aryl methyl sites for hydroxylation is 3. The van der Waals surface area contributed by atoms with E-state index in [0.717, 1.165) is 67.6 Å². The number of anilines is 2. The van der Waals surface area contributed by atoms with E-state index in [9.17, 15) is 14.3 Å². The first kappa shape index (κ1) is 31.7. The van der Waals surface area contributed by atoms with Crippen LogP contribution in [0.5, 0.6) is 0 Å². The number of unbranched alkanes of at least 4 members (excludes halogenated alkanes) is 1. The normalized spacial score (nSPS) is 14.9. The molecule has 0 amide bonds. The number of para-hydroxylation sites is 1. The highest BCUT2D eigenvalue weighted by Gasteiger charge is 2.28. The number of hydrogen-bond acceptors (Lipinski definition) is 7. The minimum absolute atomic E-state index is 0.0615. The molecule has 2 atom stereocenters. The highest BCUT2D eigenvalue weighted by atomic mass is 19.1. The lowest BCUT2D eigenvalue weighted by Crippen LogP contribution is -2.41. The fraction of sp³-hybridized carbons (Fsp3) is 0.594. The number of aliphatic carboxylic acids is 1. The second-order valence-electron chi connectivity index (χ2n) is 12.3. The zero-order valence-corrected chi connectivity index (χ0v) is 25.5. The first-order valence-corrected chi connectivity index (χ1v) is 15.1. The molecule has 9 nitrogen and oxygen atoms in total. The Kier molecular flexibility index (Phi) is 11.2. The number of rotatable bonds is 17. The molecule has 2 aromatic heterocycles. The van der Waals surface area contributed by atoms with Crippen LogP contribution in [-0.2, 0) is 29.4 Å². The maximum absolute atomic E-state index is 14.7. The van der Waals surface area contributed by atoms with Gasteiger partial charge in [0.1, 0.15) is 18.0 Å². The van der Waals surface area contributed by atoms with E-state index in [2.05, 4.69) is 46.6 Å². The van der Waals surface area contributed by atoms with Gasteiger partial charge in [-0.25, -0.2) is 14.2 Å². The molecule has 0 fully saturated rings. The number of ether oxygens (including phenoxy) is 1. The molecule has 0 unspecified atom stereocenters. The standard InChI is InChI=1S/C32H47FN6O3/c1-32(2,17-16-27(31(40)41)36-30-26-12-5-6-13-28(26)38(3)37-30)22-39(20-24(33)21-42-4)19-8-7-11-25-15-14-23-10-9-18-34-29(23)35-25/h5-6,12-15,24,27H,7-11,16-22H2,1-4H3,(H,34,35)(H,36,37)(H,40,41)/t24-,27-/m0/s1. The molecular formula is C32H47FN6O3. The van der Waals surface area contributed by atoms with Gasteiger partial charge in [0.2, 0.25) is 0 Å². The van der Waals surface area contributed by atoms with Crippen molar-refractivity contribution in [3.8, 4) is 0 Å². The number of methoxy groups -OCH3 is 1. The van der Waals surface area contributed by atoms with Gasteiger partial charge >= 0.3 is 5.97 Å². The molecule has 4 rings (SSSR count). The lowest BCUT2D eigenvalue weighted by molar-refractivity contribution is -0.138. The molecule has 0 spiro atoms. The lowest BCUT2D eigenvalue weighted by Gasteiger charge is -2.34. The third kappa shape index (κ3) is 8.88. The van der Waals surface area contributed by atoms with Gasteiger partial charge in [0, 0.05) is 44.9 Å². The van der Waals surface area contributed by atoms with E-state index in [1.54, 1.807) is 4.68 Å². The van der Waals surface area contributed by atoms with Gasteiger partial charge in [0.25, 0.3) is 0 Å². The van der Waals surface area contributed by atoms with Crippen LogP contribution in [0.2, 0.25) is 0 Å². The maximum Gasteiger partial charge on any atom is 0.326 e. The van der Waals surface area contributed by atoms with Crippen LogP contribution in [0.15, 0.2) is 36.4 Å². The number of carbonyl (C=O) groups is 1. The molecule has 1 aliphatic rings. The molecule has 3 aromatic rings. The van der Waals surface area contributed by atoms with Gasteiger partial charge in [-0.1, -0.05) is 32.0 Å². The summed E-state index contributed by atoms with van der Waals surface area (Å²) in [6.45, 7) is 7.01. The van der Waals surface area contributed by atoms with Crippen molar-refractivity contribution in [2.24, 2.45) is 12.5 Å². The Morgan fingerprint density at radius 3 is 2.86 bits per heavy atom. The van der Waals surface area contributed by atoms with Crippen molar-refractivity contribution >= 4 is 28.5 Å². The molecule has 0 saturated carbocycles. The predicted molar refractivity (Wildman–Crippen MR) is 166 cm³/mol. The Hall–Kier alpha value is -3.24. The van der Waals surface area contributed by atoms with Gasteiger partial charge in [0.05, 0.1) is 12.1 Å². The van der Waals surface area contributed by atoms with Crippen molar-refractivity contribution in [1.29, 1.82) is 0 Å². The number of carboxylic acids is 1. The molecule has 230 valence electrons. The average Bonchev–Trinajstić information content (AvgIpc) is 3.28. The summed E-state index contributed by atoms with van der Waals surface area (Å²) >= 11 is 0. The Labute approximate surface area is 248 Å². The molecule has 42 heavy (non-hydrogen) atoms. The number of halogens is 1. The number of carboxylic acid groups (broad SMARTS) is 1. The van der Waals surface area contributed by atoms with E-state index in [4.69, 9.17) is 9.72 Å². The quantitative estimate of drug-likeness (QED) is 0.184. The summed E-state index contributed by atoms with van der Waals surface area (Å²) < 4.78 is 21.5. The summed E-state index contributed by atoms with van der Waals surface area (Å²) in [5.74, 6) is 0.684. The van der Waals surface area contributed by atoms with E-state index in [1.165, 1.54) is 12.7 Å². The fourth-order valence-corrected chi connectivity index (χ4v) is 5.86. The van der Waals surface area contributed by atoms with Crippen molar-refractivity contribution in [3.63, 3.8) is 0 Å². The Morgan fingerprint density at radius 2 is 2.07 bits per heavy atom. The first-order chi connectivity index (χ1) is 20.1. The summed E-state index contributed by atoms with van der Waals surface area (Å²) in [5, 5.41) is 22.0. The average molecular weight is 583 g/mol. The van der Waals surface area contributed by atoms with Crippen LogP contribution in [0, 0.1) is 5.41 Å². The highest BCUT2D eigenvalue weighted by Crippen LogP contribution is 2.28. The number of fused-ring (bicyclic) bond motifs is 2. The number of nitrogens with one attached hydrogen (secondary N) is 2. The second-order valence-corrected chi connectivity index (χ2v) is 12.3. The molecule has 10 heteroatoms. The van der Waals surface area contributed by atoms with Gasteiger partial charge in [-0.15, -0.1) is 0 Å². The number of benzene rings is 1.